The fourth-order valence-corrected chi connectivity index (χ4v) is 1.50. The first-order valence-corrected chi connectivity index (χ1v) is 6.44. The van der Waals surface area contributed by atoms with Crippen molar-refractivity contribution in [1.82, 2.24) is 9.97 Å². The zero-order valence-corrected chi connectivity index (χ0v) is 12.0. The zero-order valence-electron chi connectivity index (χ0n) is 10.5. The van der Waals surface area contributed by atoms with Gasteiger partial charge in [-0.25, -0.2) is 4.98 Å². The molecule has 0 aromatic carbocycles. The summed E-state index contributed by atoms with van der Waals surface area (Å²) in [5.74, 6) is 1.94. The van der Waals surface area contributed by atoms with Gasteiger partial charge in [0.25, 0.3) is 0 Å². The van der Waals surface area contributed by atoms with Gasteiger partial charge in [0.1, 0.15) is 5.82 Å². The maximum atomic E-state index is 5.48. The van der Waals surface area contributed by atoms with Gasteiger partial charge in [-0.05, 0) is 21.8 Å². The number of hydrogen-bond acceptors (Lipinski definition) is 5. The van der Waals surface area contributed by atoms with E-state index in [9.17, 15) is 0 Å². The summed E-state index contributed by atoms with van der Waals surface area (Å²) in [4.78, 5) is 8.37. The van der Waals surface area contributed by atoms with Gasteiger partial charge >= 0.3 is 0 Å². The van der Waals surface area contributed by atoms with E-state index < -0.39 is 0 Å². The van der Waals surface area contributed by atoms with Crippen LogP contribution in [0.25, 0.3) is 0 Å². The maximum absolute atomic E-state index is 5.48. The number of halogens is 1. The Bertz CT molecular complexity index is 346. The smallest absolute Gasteiger partial charge is 0.224 e. The summed E-state index contributed by atoms with van der Waals surface area (Å²) in [5.41, 5.74) is 0. The minimum absolute atomic E-state index is 0.566. The molecule has 0 fully saturated rings. The van der Waals surface area contributed by atoms with Gasteiger partial charge in [0, 0.05) is 26.4 Å². The first-order valence-electron chi connectivity index (χ1n) is 5.65. The summed E-state index contributed by atoms with van der Waals surface area (Å²) in [6.45, 7) is 6.45. The Kier molecular flexibility index (Phi) is 6.21. The summed E-state index contributed by atoms with van der Waals surface area (Å²) < 4.78 is 6.32. The van der Waals surface area contributed by atoms with Crippen molar-refractivity contribution in [3.63, 3.8) is 0 Å². The standard InChI is InChI=1S/C11H19BrN4O/c1-8(2)7-17-5-4-14-10-9(12)6-15-11(13-3)16-10/h6,8H,4-5,7H2,1-3H3,(H2,13,14,15,16). The molecule has 1 rings (SSSR count). The van der Waals surface area contributed by atoms with E-state index in [4.69, 9.17) is 4.74 Å². The Labute approximate surface area is 111 Å². The molecule has 0 aliphatic carbocycles. The van der Waals surface area contributed by atoms with Crippen LogP contribution in [0, 0.1) is 5.92 Å². The third kappa shape index (κ3) is 5.32. The Morgan fingerprint density at radius 1 is 1.47 bits per heavy atom. The van der Waals surface area contributed by atoms with Crippen molar-refractivity contribution < 1.29 is 4.74 Å². The van der Waals surface area contributed by atoms with Crippen LogP contribution < -0.4 is 10.6 Å². The van der Waals surface area contributed by atoms with Crippen molar-refractivity contribution in [1.29, 1.82) is 0 Å². The van der Waals surface area contributed by atoms with E-state index in [-0.39, 0.29) is 0 Å². The molecule has 2 N–H and O–H groups in total. The fourth-order valence-electron chi connectivity index (χ4n) is 1.17. The number of rotatable bonds is 7. The zero-order chi connectivity index (χ0) is 12.7. The minimum Gasteiger partial charge on any atom is -0.379 e. The van der Waals surface area contributed by atoms with Crippen LogP contribution in [0.1, 0.15) is 13.8 Å². The molecule has 0 amide bonds. The number of nitrogens with one attached hydrogen (secondary N) is 2. The first-order chi connectivity index (χ1) is 8.13. The van der Waals surface area contributed by atoms with Gasteiger partial charge in [-0.3, -0.25) is 0 Å². The molecular formula is C11H19BrN4O. The predicted molar refractivity (Wildman–Crippen MR) is 73.4 cm³/mol. The highest BCUT2D eigenvalue weighted by molar-refractivity contribution is 9.10. The number of ether oxygens (including phenoxy) is 1. The molecule has 0 aliphatic rings. The van der Waals surface area contributed by atoms with Gasteiger partial charge < -0.3 is 15.4 Å². The Balaban J connectivity index is 2.35. The van der Waals surface area contributed by atoms with Crippen LogP contribution in [0.4, 0.5) is 11.8 Å². The first kappa shape index (κ1) is 14.2. The third-order valence-electron chi connectivity index (χ3n) is 1.96. The second kappa shape index (κ2) is 7.45. The molecule has 0 bridgehead atoms. The molecule has 17 heavy (non-hydrogen) atoms. The van der Waals surface area contributed by atoms with Crippen molar-refractivity contribution in [2.45, 2.75) is 13.8 Å². The van der Waals surface area contributed by atoms with Gasteiger partial charge in [-0.15, -0.1) is 0 Å². The van der Waals surface area contributed by atoms with Gasteiger partial charge in [0.2, 0.25) is 5.95 Å². The summed E-state index contributed by atoms with van der Waals surface area (Å²) in [6.07, 6.45) is 1.72. The fraction of sp³-hybridized carbons (Fsp3) is 0.636. The second-order valence-corrected chi connectivity index (χ2v) is 4.89. The largest absolute Gasteiger partial charge is 0.379 e. The maximum Gasteiger partial charge on any atom is 0.224 e. The highest BCUT2D eigenvalue weighted by Gasteiger charge is 2.03. The Hall–Kier alpha value is -0.880. The van der Waals surface area contributed by atoms with E-state index >= 15 is 0 Å². The second-order valence-electron chi connectivity index (χ2n) is 4.04. The molecule has 1 aromatic rings. The van der Waals surface area contributed by atoms with Crippen molar-refractivity contribution in [2.75, 3.05) is 37.4 Å². The number of nitrogens with zero attached hydrogens (tertiary/aromatic N) is 2. The van der Waals surface area contributed by atoms with Crippen LogP contribution in [-0.4, -0.2) is 36.8 Å². The average Bonchev–Trinajstić information content (AvgIpc) is 2.30. The van der Waals surface area contributed by atoms with Crippen LogP contribution in [-0.2, 0) is 4.74 Å². The van der Waals surface area contributed by atoms with Crippen molar-refractivity contribution >= 4 is 27.7 Å². The number of anilines is 2. The van der Waals surface area contributed by atoms with Gasteiger partial charge in [0.15, 0.2) is 0 Å². The molecule has 0 spiro atoms. The molecule has 5 nitrogen and oxygen atoms in total. The highest BCUT2D eigenvalue weighted by Crippen LogP contribution is 2.19. The molecule has 0 saturated carbocycles. The van der Waals surface area contributed by atoms with Gasteiger partial charge in [-0.1, -0.05) is 13.8 Å². The lowest BCUT2D eigenvalue weighted by molar-refractivity contribution is 0.118. The van der Waals surface area contributed by atoms with Crippen LogP contribution in [0.3, 0.4) is 0 Å². The van der Waals surface area contributed by atoms with Crippen molar-refractivity contribution in [2.24, 2.45) is 5.92 Å². The average molecular weight is 303 g/mol. The van der Waals surface area contributed by atoms with E-state index in [1.807, 2.05) is 0 Å². The lowest BCUT2D eigenvalue weighted by Gasteiger charge is -2.10. The Morgan fingerprint density at radius 3 is 2.88 bits per heavy atom. The van der Waals surface area contributed by atoms with Crippen LogP contribution in [0.5, 0.6) is 0 Å². The topological polar surface area (TPSA) is 59.1 Å². The van der Waals surface area contributed by atoms with Crippen molar-refractivity contribution in [3.05, 3.63) is 10.7 Å². The molecule has 0 unspecified atom stereocenters. The number of hydrogen-bond donors (Lipinski definition) is 2. The molecule has 0 atom stereocenters. The summed E-state index contributed by atoms with van der Waals surface area (Å²) in [5, 5.41) is 6.10. The van der Waals surface area contributed by atoms with Gasteiger partial charge in [-0.2, -0.15) is 4.98 Å². The lowest BCUT2D eigenvalue weighted by Crippen LogP contribution is -2.13. The van der Waals surface area contributed by atoms with Gasteiger partial charge in [0.05, 0.1) is 11.1 Å². The quantitative estimate of drug-likeness (QED) is 0.757. The molecular weight excluding hydrogens is 284 g/mol. The molecule has 1 aromatic heterocycles. The third-order valence-corrected chi connectivity index (χ3v) is 2.54. The highest BCUT2D eigenvalue weighted by atomic mass is 79.9. The van der Waals surface area contributed by atoms with E-state index in [1.54, 1.807) is 13.2 Å². The molecule has 0 radical (unpaired) electrons. The molecule has 6 heteroatoms. The molecule has 0 saturated heterocycles. The normalized spacial score (nSPS) is 10.6. The van der Waals surface area contributed by atoms with E-state index in [0.29, 0.717) is 18.5 Å². The number of aromatic nitrogens is 2. The van der Waals surface area contributed by atoms with Crippen molar-refractivity contribution in [3.8, 4) is 0 Å². The van der Waals surface area contributed by atoms with E-state index in [2.05, 4.69) is 50.4 Å². The summed E-state index contributed by atoms with van der Waals surface area (Å²) in [7, 11) is 1.79. The monoisotopic (exact) mass is 302 g/mol. The molecule has 96 valence electrons. The summed E-state index contributed by atoms with van der Waals surface area (Å²) in [6, 6.07) is 0. The Morgan fingerprint density at radius 2 is 2.24 bits per heavy atom. The summed E-state index contributed by atoms with van der Waals surface area (Å²) >= 11 is 3.40. The van der Waals surface area contributed by atoms with Crippen LogP contribution in [0.15, 0.2) is 10.7 Å². The van der Waals surface area contributed by atoms with E-state index in [0.717, 1.165) is 23.4 Å². The SMILES string of the molecule is CNc1ncc(Br)c(NCCOCC(C)C)n1. The molecule has 0 aliphatic heterocycles. The predicted octanol–water partition coefficient (Wildman–Crippen LogP) is 2.37. The molecule has 1 heterocycles. The van der Waals surface area contributed by atoms with E-state index in [1.165, 1.54) is 0 Å². The lowest BCUT2D eigenvalue weighted by atomic mass is 10.2. The van der Waals surface area contributed by atoms with Crippen LogP contribution in [0.2, 0.25) is 0 Å². The van der Waals surface area contributed by atoms with Crippen LogP contribution >= 0.6 is 15.9 Å². The minimum atomic E-state index is 0.566.